The van der Waals surface area contributed by atoms with Crippen molar-refractivity contribution in [2.24, 2.45) is 17.1 Å². The van der Waals surface area contributed by atoms with Crippen LogP contribution in [0.4, 0.5) is 0 Å². The Labute approximate surface area is 117 Å². The number of carbonyl (C=O) groups excluding carboxylic acids is 1. The van der Waals surface area contributed by atoms with Gasteiger partial charge < -0.3 is 15.4 Å². The lowest BCUT2D eigenvalue weighted by atomic mass is 9.87. The van der Waals surface area contributed by atoms with Crippen molar-refractivity contribution in [1.82, 2.24) is 4.90 Å². The molecule has 0 saturated carbocycles. The van der Waals surface area contributed by atoms with Crippen LogP contribution in [-0.2, 0) is 9.53 Å². The van der Waals surface area contributed by atoms with E-state index in [0.29, 0.717) is 12.3 Å². The summed E-state index contributed by atoms with van der Waals surface area (Å²) in [6.45, 7) is 8.93. The molecule has 2 unspecified atom stereocenters. The topological polar surface area (TPSA) is 55.6 Å². The SMILES string of the molecule is COCC1CCCN(C(=O)CC(N)CC(C)(C)C)C1. The average Bonchev–Trinajstić information content (AvgIpc) is 2.27. The molecule has 1 rings (SSSR count). The Hall–Kier alpha value is -0.610. The molecule has 0 aliphatic carbocycles. The minimum absolute atomic E-state index is 0.0321. The summed E-state index contributed by atoms with van der Waals surface area (Å²) in [5, 5.41) is 0. The maximum atomic E-state index is 12.2. The van der Waals surface area contributed by atoms with Gasteiger partial charge >= 0.3 is 0 Å². The zero-order valence-corrected chi connectivity index (χ0v) is 12.9. The van der Waals surface area contributed by atoms with E-state index in [4.69, 9.17) is 10.5 Å². The van der Waals surface area contributed by atoms with E-state index in [9.17, 15) is 4.79 Å². The molecule has 0 aromatic heterocycles. The molecule has 0 bridgehead atoms. The number of carbonyl (C=O) groups is 1. The third kappa shape index (κ3) is 6.39. The van der Waals surface area contributed by atoms with Gasteiger partial charge in [-0.1, -0.05) is 20.8 Å². The van der Waals surface area contributed by atoms with Crippen molar-refractivity contribution >= 4 is 5.91 Å². The number of ether oxygens (including phenoxy) is 1. The van der Waals surface area contributed by atoms with Gasteiger partial charge in [-0.15, -0.1) is 0 Å². The van der Waals surface area contributed by atoms with Gasteiger partial charge in [-0.2, -0.15) is 0 Å². The quantitative estimate of drug-likeness (QED) is 0.831. The van der Waals surface area contributed by atoms with Gasteiger partial charge in [-0.05, 0) is 30.6 Å². The van der Waals surface area contributed by atoms with Crippen molar-refractivity contribution in [3.05, 3.63) is 0 Å². The Morgan fingerprint density at radius 1 is 1.47 bits per heavy atom. The van der Waals surface area contributed by atoms with Crippen LogP contribution >= 0.6 is 0 Å². The van der Waals surface area contributed by atoms with Crippen molar-refractivity contribution in [2.45, 2.75) is 52.5 Å². The summed E-state index contributed by atoms with van der Waals surface area (Å²) in [6.07, 6.45) is 3.59. The highest BCUT2D eigenvalue weighted by Gasteiger charge is 2.25. The fourth-order valence-electron chi connectivity index (χ4n) is 2.88. The summed E-state index contributed by atoms with van der Waals surface area (Å²) in [5.41, 5.74) is 6.27. The first-order valence-electron chi connectivity index (χ1n) is 7.34. The number of nitrogens with zero attached hydrogens (tertiary/aromatic N) is 1. The fraction of sp³-hybridized carbons (Fsp3) is 0.933. The lowest BCUT2D eigenvalue weighted by molar-refractivity contribution is -0.133. The van der Waals surface area contributed by atoms with Crippen LogP contribution in [0.15, 0.2) is 0 Å². The maximum absolute atomic E-state index is 12.2. The van der Waals surface area contributed by atoms with Crippen LogP contribution in [0, 0.1) is 11.3 Å². The van der Waals surface area contributed by atoms with Crippen LogP contribution in [0.2, 0.25) is 0 Å². The van der Waals surface area contributed by atoms with Gasteiger partial charge in [0.05, 0.1) is 6.61 Å². The van der Waals surface area contributed by atoms with Crippen LogP contribution in [0.5, 0.6) is 0 Å². The van der Waals surface area contributed by atoms with E-state index in [2.05, 4.69) is 20.8 Å². The first-order chi connectivity index (χ1) is 8.81. The van der Waals surface area contributed by atoms with Crippen molar-refractivity contribution in [3.8, 4) is 0 Å². The second-order valence-corrected chi connectivity index (χ2v) is 7.03. The number of nitrogens with two attached hydrogens (primary N) is 1. The van der Waals surface area contributed by atoms with E-state index < -0.39 is 0 Å². The summed E-state index contributed by atoms with van der Waals surface area (Å²) < 4.78 is 5.19. The summed E-state index contributed by atoms with van der Waals surface area (Å²) in [4.78, 5) is 14.2. The van der Waals surface area contributed by atoms with E-state index in [-0.39, 0.29) is 17.4 Å². The molecule has 2 N–H and O–H groups in total. The molecule has 4 nitrogen and oxygen atoms in total. The molecule has 1 amide bonds. The van der Waals surface area contributed by atoms with Crippen LogP contribution in [-0.4, -0.2) is 43.7 Å². The Kier molecular flexibility index (Phi) is 6.27. The Morgan fingerprint density at radius 2 is 2.16 bits per heavy atom. The van der Waals surface area contributed by atoms with Crippen molar-refractivity contribution in [2.75, 3.05) is 26.8 Å². The van der Waals surface area contributed by atoms with Gasteiger partial charge in [0.15, 0.2) is 0 Å². The Balaban J connectivity index is 2.40. The molecule has 1 fully saturated rings. The molecule has 112 valence electrons. The van der Waals surface area contributed by atoms with Crippen molar-refractivity contribution < 1.29 is 9.53 Å². The third-order valence-electron chi connectivity index (χ3n) is 3.59. The average molecular weight is 270 g/mol. The molecule has 1 saturated heterocycles. The highest BCUT2D eigenvalue weighted by atomic mass is 16.5. The summed E-state index contributed by atoms with van der Waals surface area (Å²) in [5.74, 6) is 0.694. The number of piperidine rings is 1. The lowest BCUT2D eigenvalue weighted by Crippen LogP contribution is -2.43. The van der Waals surface area contributed by atoms with Crippen LogP contribution in [0.3, 0.4) is 0 Å². The van der Waals surface area contributed by atoms with Crippen LogP contribution < -0.4 is 5.73 Å². The standard InChI is InChI=1S/C15H30N2O2/c1-15(2,3)9-13(16)8-14(18)17-7-5-6-12(10-17)11-19-4/h12-13H,5-11,16H2,1-4H3. The first-order valence-corrected chi connectivity index (χ1v) is 7.34. The summed E-state index contributed by atoms with van der Waals surface area (Å²) in [7, 11) is 1.72. The van der Waals surface area contributed by atoms with Gasteiger partial charge in [-0.25, -0.2) is 0 Å². The molecule has 0 spiro atoms. The van der Waals surface area contributed by atoms with Crippen molar-refractivity contribution in [1.29, 1.82) is 0 Å². The molecule has 1 heterocycles. The Morgan fingerprint density at radius 3 is 2.74 bits per heavy atom. The molecule has 1 aliphatic rings. The Bertz CT molecular complexity index is 284. The second kappa shape index (κ2) is 7.25. The first kappa shape index (κ1) is 16.4. The normalized spacial score (nSPS) is 22.4. The highest BCUT2D eigenvalue weighted by molar-refractivity contribution is 5.76. The number of methoxy groups -OCH3 is 1. The van der Waals surface area contributed by atoms with E-state index in [1.807, 2.05) is 4.90 Å². The second-order valence-electron chi connectivity index (χ2n) is 7.03. The molecule has 4 heteroatoms. The molecule has 0 aromatic carbocycles. The smallest absolute Gasteiger partial charge is 0.224 e. The lowest BCUT2D eigenvalue weighted by Gasteiger charge is -2.33. The molecule has 1 aliphatic heterocycles. The molecular weight excluding hydrogens is 240 g/mol. The van der Waals surface area contributed by atoms with Crippen LogP contribution in [0.1, 0.15) is 46.5 Å². The van der Waals surface area contributed by atoms with Gasteiger partial charge in [0.1, 0.15) is 0 Å². The number of rotatable bonds is 5. The number of amides is 1. The van der Waals surface area contributed by atoms with E-state index >= 15 is 0 Å². The highest BCUT2D eigenvalue weighted by Crippen LogP contribution is 2.22. The van der Waals surface area contributed by atoms with Crippen molar-refractivity contribution in [3.63, 3.8) is 0 Å². The number of likely N-dealkylation sites (tertiary alicyclic amines) is 1. The molecule has 0 radical (unpaired) electrons. The van der Waals surface area contributed by atoms with E-state index in [0.717, 1.165) is 39.0 Å². The molecule has 19 heavy (non-hydrogen) atoms. The minimum Gasteiger partial charge on any atom is -0.384 e. The zero-order chi connectivity index (χ0) is 14.5. The number of hydrogen-bond acceptors (Lipinski definition) is 3. The monoisotopic (exact) mass is 270 g/mol. The fourth-order valence-corrected chi connectivity index (χ4v) is 2.88. The van der Waals surface area contributed by atoms with Gasteiger partial charge in [0, 0.05) is 32.7 Å². The largest absolute Gasteiger partial charge is 0.384 e. The van der Waals surface area contributed by atoms with Crippen LogP contribution in [0.25, 0.3) is 0 Å². The summed E-state index contributed by atoms with van der Waals surface area (Å²) >= 11 is 0. The molecule has 0 aromatic rings. The predicted molar refractivity (Wildman–Crippen MR) is 77.8 cm³/mol. The van der Waals surface area contributed by atoms with E-state index in [1.165, 1.54) is 0 Å². The molecule has 2 atom stereocenters. The van der Waals surface area contributed by atoms with Gasteiger partial charge in [0.2, 0.25) is 5.91 Å². The predicted octanol–water partition coefficient (Wildman–Crippen LogP) is 2.02. The van der Waals surface area contributed by atoms with Gasteiger partial charge in [0.25, 0.3) is 0 Å². The number of hydrogen-bond donors (Lipinski definition) is 1. The zero-order valence-electron chi connectivity index (χ0n) is 12.9. The minimum atomic E-state index is -0.0321. The summed E-state index contributed by atoms with van der Waals surface area (Å²) in [6, 6.07) is -0.0321. The maximum Gasteiger partial charge on any atom is 0.224 e. The van der Waals surface area contributed by atoms with E-state index in [1.54, 1.807) is 7.11 Å². The molecular formula is C15H30N2O2. The third-order valence-corrected chi connectivity index (χ3v) is 3.59. The van der Waals surface area contributed by atoms with Gasteiger partial charge in [-0.3, -0.25) is 4.79 Å².